The predicted molar refractivity (Wildman–Crippen MR) is 68.8 cm³/mol. The summed E-state index contributed by atoms with van der Waals surface area (Å²) in [6.45, 7) is 0.545. The Hall–Kier alpha value is -1.88. The molecule has 1 aliphatic heterocycles. The fourth-order valence-electron chi connectivity index (χ4n) is 2.75. The molecule has 0 unspecified atom stereocenters. The first kappa shape index (κ1) is 13.5. The highest BCUT2D eigenvalue weighted by Crippen LogP contribution is 2.29. The standard InChI is InChI=1S/C14H17NO4/c16-12(17)7-11-10(8-15-13(11)14(18)19)6-9-4-2-1-3-5-9/h1-5,10-11,13,15H,6-8H2,(H,16,17)(H,18,19)/t10-,11+,13+/m1/s1. The van der Waals surface area contributed by atoms with Crippen LogP contribution in [-0.4, -0.2) is 34.7 Å². The average Bonchev–Trinajstić information content (AvgIpc) is 2.73. The van der Waals surface area contributed by atoms with Gasteiger partial charge in [-0.2, -0.15) is 0 Å². The zero-order valence-electron chi connectivity index (χ0n) is 10.5. The third-order valence-corrected chi connectivity index (χ3v) is 3.65. The van der Waals surface area contributed by atoms with E-state index in [-0.39, 0.29) is 18.3 Å². The molecule has 0 aliphatic carbocycles. The predicted octanol–water partition coefficient (Wildman–Crippen LogP) is 0.993. The lowest BCUT2D eigenvalue weighted by molar-refractivity contribution is -0.142. The molecule has 5 heteroatoms. The van der Waals surface area contributed by atoms with Crippen molar-refractivity contribution in [2.45, 2.75) is 18.9 Å². The summed E-state index contributed by atoms with van der Waals surface area (Å²) in [7, 11) is 0. The van der Waals surface area contributed by atoms with Crippen LogP contribution in [0, 0.1) is 11.8 Å². The van der Waals surface area contributed by atoms with Crippen molar-refractivity contribution in [1.82, 2.24) is 5.32 Å². The minimum absolute atomic E-state index is 0.0413. The monoisotopic (exact) mass is 263 g/mol. The van der Waals surface area contributed by atoms with E-state index >= 15 is 0 Å². The molecule has 1 aromatic carbocycles. The number of hydrogen-bond donors (Lipinski definition) is 3. The second kappa shape index (κ2) is 5.84. The van der Waals surface area contributed by atoms with E-state index in [9.17, 15) is 9.59 Å². The van der Waals surface area contributed by atoms with Crippen LogP contribution in [0.4, 0.5) is 0 Å². The van der Waals surface area contributed by atoms with Gasteiger partial charge in [0, 0.05) is 0 Å². The molecule has 3 atom stereocenters. The Kier molecular flexibility index (Phi) is 4.16. The molecule has 1 aromatic rings. The molecule has 0 amide bonds. The Morgan fingerprint density at radius 1 is 1.21 bits per heavy atom. The van der Waals surface area contributed by atoms with Crippen LogP contribution in [0.15, 0.2) is 30.3 Å². The van der Waals surface area contributed by atoms with Crippen LogP contribution in [-0.2, 0) is 16.0 Å². The van der Waals surface area contributed by atoms with Crippen LogP contribution in [0.3, 0.4) is 0 Å². The van der Waals surface area contributed by atoms with E-state index in [1.54, 1.807) is 0 Å². The van der Waals surface area contributed by atoms with Gasteiger partial charge >= 0.3 is 11.9 Å². The third-order valence-electron chi connectivity index (χ3n) is 3.65. The van der Waals surface area contributed by atoms with Crippen molar-refractivity contribution in [2.75, 3.05) is 6.54 Å². The molecule has 2 rings (SSSR count). The molecule has 102 valence electrons. The molecule has 0 spiro atoms. The number of carboxylic acid groups (broad SMARTS) is 2. The number of aliphatic carboxylic acids is 2. The van der Waals surface area contributed by atoms with Crippen LogP contribution < -0.4 is 5.32 Å². The summed E-state index contributed by atoms with van der Waals surface area (Å²) in [5.74, 6) is -2.24. The summed E-state index contributed by atoms with van der Waals surface area (Å²) in [4.78, 5) is 22.0. The van der Waals surface area contributed by atoms with Crippen LogP contribution in [0.2, 0.25) is 0 Å². The molecule has 5 nitrogen and oxygen atoms in total. The summed E-state index contributed by atoms with van der Waals surface area (Å²) < 4.78 is 0. The Morgan fingerprint density at radius 2 is 1.89 bits per heavy atom. The normalized spacial score (nSPS) is 26.2. The highest BCUT2D eigenvalue weighted by molar-refractivity contribution is 5.76. The topological polar surface area (TPSA) is 86.6 Å². The molecule has 0 bridgehead atoms. The minimum Gasteiger partial charge on any atom is -0.481 e. The maximum atomic E-state index is 11.1. The molecular formula is C14H17NO4. The molecule has 1 aliphatic rings. The molecular weight excluding hydrogens is 246 g/mol. The van der Waals surface area contributed by atoms with E-state index in [1.165, 1.54) is 0 Å². The maximum Gasteiger partial charge on any atom is 0.321 e. The van der Waals surface area contributed by atoms with Crippen LogP contribution in [0.1, 0.15) is 12.0 Å². The first-order valence-electron chi connectivity index (χ1n) is 6.30. The zero-order chi connectivity index (χ0) is 13.8. The quantitative estimate of drug-likeness (QED) is 0.737. The van der Waals surface area contributed by atoms with Gasteiger partial charge in [0.2, 0.25) is 0 Å². The van der Waals surface area contributed by atoms with Crippen molar-refractivity contribution in [3.05, 3.63) is 35.9 Å². The largest absolute Gasteiger partial charge is 0.481 e. The summed E-state index contributed by atoms with van der Waals surface area (Å²) >= 11 is 0. The fourth-order valence-corrected chi connectivity index (χ4v) is 2.75. The SMILES string of the molecule is O=C(O)C[C@H]1[C@H](Cc2ccccc2)CN[C@@H]1C(=O)O. The van der Waals surface area contributed by atoms with E-state index in [2.05, 4.69) is 5.32 Å². The summed E-state index contributed by atoms with van der Waals surface area (Å²) in [6.07, 6.45) is 0.594. The molecule has 19 heavy (non-hydrogen) atoms. The van der Waals surface area contributed by atoms with Gasteiger partial charge in [-0.05, 0) is 30.4 Å². The number of hydrogen-bond acceptors (Lipinski definition) is 3. The van der Waals surface area contributed by atoms with Crippen molar-refractivity contribution in [3.8, 4) is 0 Å². The van der Waals surface area contributed by atoms with Crippen molar-refractivity contribution in [2.24, 2.45) is 11.8 Å². The van der Waals surface area contributed by atoms with E-state index in [0.717, 1.165) is 5.56 Å². The lowest BCUT2D eigenvalue weighted by atomic mass is 9.84. The Morgan fingerprint density at radius 3 is 2.47 bits per heavy atom. The van der Waals surface area contributed by atoms with E-state index in [4.69, 9.17) is 10.2 Å². The molecule has 0 aromatic heterocycles. The Balaban J connectivity index is 2.10. The molecule has 0 saturated carbocycles. The van der Waals surface area contributed by atoms with Crippen LogP contribution in [0.5, 0.6) is 0 Å². The van der Waals surface area contributed by atoms with Gasteiger partial charge in [0.1, 0.15) is 6.04 Å². The van der Waals surface area contributed by atoms with E-state index in [1.807, 2.05) is 30.3 Å². The zero-order valence-corrected chi connectivity index (χ0v) is 10.5. The fraction of sp³-hybridized carbons (Fsp3) is 0.429. The second-order valence-electron chi connectivity index (χ2n) is 4.94. The number of benzene rings is 1. The third kappa shape index (κ3) is 3.32. The summed E-state index contributed by atoms with van der Waals surface area (Å²) in [6, 6.07) is 8.98. The van der Waals surface area contributed by atoms with Crippen molar-refractivity contribution in [3.63, 3.8) is 0 Å². The van der Waals surface area contributed by atoms with Gasteiger partial charge in [-0.1, -0.05) is 30.3 Å². The molecule has 1 saturated heterocycles. The van der Waals surface area contributed by atoms with Gasteiger partial charge in [0.15, 0.2) is 0 Å². The highest BCUT2D eigenvalue weighted by atomic mass is 16.4. The maximum absolute atomic E-state index is 11.1. The molecule has 1 fully saturated rings. The second-order valence-corrected chi connectivity index (χ2v) is 4.94. The van der Waals surface area contributed by atoms with E-state index in [0.29, 0.717) is 13.0 Å². The molecule has 1 heterocycles. The number of carbonyl (C=O) groups is 2. The van der Waals surface area contributed by atoms with Crippen LogP contribution >= 0.6 is 0 Å². The summed E-state index contributed by atoms with van der Waals surface area (Å²) in [5, 5.41) is 21.0. The number of rotatable bonds is 5. The van der Waals surface area contributed by atoms with E-state index < -0.39 is 18.0 Å². The van der Waals surface area contributed by atoms with Gasteiger partial charge in [0.25, 0.3) is 0 Å². The van der Waals surface area contributed by atoms with Crippen molar-refractivity contribution in [1.29, 1.82) is 0 Å². The smallest absolute Gasteiger partial charge is 0.321 e. The van der Waals surface area contributed by atoms with Crippen molar-refractivity contribution >= 4 is 11.9 Å². The van der Waals surface area contributed by atoms with Crippen molar-refractivity contribution < 1.29 is 19.8 Å². The van der Waals surface area contributed by atoms with Gasteiger partial charge < -0.3 is 15.5 Å². The first-order valence-corrected chi connectivity index (χ1v) is 6.30. The Labute approximate surface area is 111 Å². The van der Waals surface area contributed by atoms with Gasteiger partial charge in [0.05, 0.1) is 6.42 Å². The van der Waals surface area contributed by atoms with Gasteiger partial charge in [-0.3, -0.25) is 9.59 Å². The highest BCUT2D eigenvalue weighted by Gasteiger charge is 2.40. The Bertz CT molecular complexity index is 460. The average molecular weight is 263 g/mol. The van der Waals surface area contributed by atoms with Gasteiger partial charge in [-0.25, -0.2) is 0 Å². The first-order chi connectivity index (χ1) is 9.08. The summed E-state index contributed by atoms with van der Waals surface area (Å²) in [5.41, 5.74) is 1.11. The molecule has 0 radical (unpaired) electrons. The lowest BCUT2D eigenvalue weighted by Crippen LogP contribution is -2.36. The lowest BCUT2D eigenvalue weighted by Gasteiger charge is -2.20. The number of carboxylic acids is 2. The molecule has 3 N–H and O–H groups in total. The van der Waals surface area contributed by atoms with Crippen LogP contribution in [0.25, 0.3) is 0 Å². The van der Waals surface area contributed by atoms with Gasteiger partial charge in [-0.15, -0.1) is 0 Å². The minimum atomic E-state index is -0.971. The number of nitrogens with one attached hydrogen (secondary N) is 1.